The van der Waals surface area contributed by atoms with Crippen LogP contribution in [-0.4, -0.2) is 64.9 Å². The average molecular weight is 546 g/mol. The number of nitrogens with zero attached hydrogens (tertiary/aromatic N) is 2. The Bertz CT molecular complexity index is 1220. The van der Waals surface area contributed by atoms with Crippen molar-refractivity contribution in [1.29, 1.82) is 0 Å². The van der Waals surface area contributed by atoms with Crippen molar-refractivity contribution in [2.24, 2.45) is 5.92 Å². The topological polar surface area (TPSA) is 96.0 Å². The van der Waals surface area contributed by atoms with Crippen LogP contribution in [0.3, 0.4) is 0 Å². The molecule has 208 valence electrons. The molecule has 8 nitrogen and oxygen atoms in total. The standard InChI is InChI=1S/C28H30F3N3O5/c1-4-39-27(38)34-16-22(20-13-9-6-10-14-20)33(26(37)24(34)18(2)3)17-23(35)32-21(25(36)28(29,30)31)15-19-11-7-5-8-12-19/h5-14,16,18,21,24H,4,15,17H2,1-3H3,(H,32,35). The lowest BCUT2D eigenvalue weighted by Crippen LogP contribution is -2.57. The van der Waals surface area contributed by atoms with Gasteiger partial charge in [-0.25, -0.2) is 4.79 Å². The molecule has 1 aliphatic rings. The van der Waals surface area contributed by atoms with Crippen molar-refractivity contribution in [1.82, 2.24) is 15.1 Å². The SMILES string of the molecule is CCOC(=O)N1C=C(c2ccccc2)N(CC(=O)NC(Cc2ccccc2)C(=O)C(F)(F)F)C(=O)C1C(C)C. The van der Waals surface area contributed by atoms with Crippen molar-refractivity contribution in [3.63, 3.8) is 0 Å². The van der Waals surface area contributed by atoms with Crippen LogP contribution in [0.15, 0.2) is 66.9 Å². The fourth-order valence-corrected chi connectivity index (χ4v) is 4.29. The molecule has 2 aromatic rings. The third-order valence-corrected chi connectivity index (χ3v) is 6.07. The summed E-state index contributed by atoms with van der Waals surface area (Å²) >= 11 is 0. The lowest BCUT2D eigenvalue weighted by molar-refractivity contribution is -0.173. The highest BCUT2D eigenvalue weighted by Gasteiger charge is 2.45. The Balaban J connectivity index is 1.95. The van der Waals surface area contributed by atoms with Gasteiger partial charge in [-0.05, 0) is 24.0 Å². The molecule has 1 aliphatic heterocycles. The fourth-order valence-electron chi connectivity index (χ4n) is 4.29. The highest BCUT2D eigenvalue weighted by atomic mass is 19.4. The van der Waals surface area contributed by atoms with Gasteiger partial charge < -0.3 is 10.1 Å². The lowest BCUT2D eigenvalue weighted by atomic mass is 9.97. The Morgan fingerprint density at radius 2 is 1.59 bits per heavy atom. The third-order valence-electron chi connectivity index (χ3n) is 6.07. The largest absolute Gasteiger partial charge is 0.452 e. The molecule has 2 unspecified atom stereocenters. The highest BCUT2D eigenvalue weighted by molar-refractivity contribution is 6.00. The Labute approximate surface area is 224 Å². The van der Waals surface area contributed by atoms with E-state index in [0.717, 1.165) is 4.90 Å². The summed E-state index contributed by atoms with van der Waals surface area (Å²) in [6, 6.07) is 13.5. The molecule has 0 spiro atoms. The number of carbonyl (C=O) groups excluding carboxylic acids is 4. The number of halogens is 3. The molecular weight excluding hydrogens is 515 g/mol. The first-order valence-electron chi connectivity index (χ1n) is 12.4. The predicted molar refractivity (Wildman–Crippen MR) is 137 cm³/mol. The van der Waals surface area contributed by atoms with E-state index in [1.807, 2.05) is 0 Å². The van der Waals surface area contributed by atoms with E-state index in [4.69, 9.17) is 4.74 Å². The van der Waals surface area contributed by atoms with E-state index >= 15 is 0 Å². The number of carbonyl (C=O) groups is 4. The van der Waals surface area contributed by atoms with Gasteiger partial charge >= 0.3 is 12.3 Å². The van der Waals surface area contributed by atoms with Crippen LogP contribution in [0.1, 0.15) is 31.9 Å². The van der Waals surface area contributed by atoms with E-state index in [9.17, 15) is 32.3 Å². The van der Waals surface area contributed by atoms with Gasteiger partial charge in [-0.2, -0.15) is 13.2 Å². The van der Waals surface area contributed by atoms with Gasteiger partial charge in [-0.15, -0.1) is 0 Å². The monoisotopic (exact) mass is 545 g/mol. The molecule has 0 aliphatic carbocycles. The highest BCUT2D eigenvalue weighted by Crippen LogP contribution is 2.30. The van der Waals surface area contributed by atoms with Crippen LogP contribution in [-0.2, 0) is 25.5 Å². The maximum Gasteiger partial charge on any atom is 0.452 e. The van der Waals surface area contributed by atoms with Gasteiger partial charge in [0.15, 0.2) is 0 Å². The van der Waals surface area contributed by atoms with Gasteiger partial charge in [0.05, 0.1) is 12.3 Å². The summed E-state index contributed by atoms with van der Waals surface area (Å²) in [5.41, 5.74) is 1.09. The second-order valence-corrected chi connectivity index (χ2v) is 9.27. The summed E-state index contributed by atoms with van der Waals surface area (Å²) in [5.74, 6) is -4.07. The van der Waals surface area contributed by atoms with Gasteiger partial charge in [0.25, 0.3) is 11.7 Å². The molecule has 0 bridgehead atoms. The van der Waals surface area contributed by atoms with Crippen molar-refractivity contribution in [2.75, 3.05) is 13.2 Å². The molecule has 11 heteroatoms. The normalized spacial score (nSPS) is 16.5. The minimum absolute atomic E-state index is 0.0744. The Morgan fingerprint density at radius 3 is 2.13 bits per heavy atom. The van der Waals surface area contributed by atoms with Crippen LogP contribution in [0.2, 0.25) is 0 Å². The molecule has 1 N–H and O–H groups in total. The molecule has 2 atom stereocenters. The maximum absolute atomic E-state index is 13.7. The van der Waals surface area contributed by atoms with Crippen LogP contribution in [0.4, 0.5) is 18.0 Å². The van der Waals surface area contributed by atoms with Crippen LogP contribution in [0, 0.1) is 5.92 Å². The Morgan fingerprint density at radius 1 is 1.00 bits per heavy atom. The number of amides is 3. The number of nitrogens with one attached hydrogen (secondary N) is 1. The van der Waals surface area contributed by atoms with Gasteiger partial charge in [-0.3, -0.25) is 24.2 Å². The summed E-state index contributed by atoms with van der Waals surface area (Å²) in [6.07, 6.45) is -4.91. The summed E-state index contributed by atoms with van der Waals surface area (Å²) in [4.78, 5) is 54.0. The fraction of sp³-hybridized carbons (Fsp3) is 0.357. The smallest absolute Gasteiger partial charge is 0.449 e. The molecular formula is C28H30F3N3O5. The number of ether oxygens (including phenoxy) is 1. The molecule has 2 aromatic carbocycles. The van der Waals surface area contributed by atoms with Crippen molar-refractivity contribution in [3.05, 3.63) is 78.0 Å². The van der Waals surface area contributed by atoms with E-state index in [1.165, 1.54) is 11.1 Å². The Hall–Kier alpha value is -4.15. The van der Waals surface area contributed by atoms with E-state index in [0.29, 0.717) is 11.1 Å². The first-order chi connectivity index (χ1) is 18.4. The zero-order valence-electron chi connectivity index (χ0n) is 21.8. The molecule has 0 radical (unpaired) electrons. The quantitative estimate of drug-likeness (QED) is 0.511. The number of benzene rings is 2. The van der Waals surface area contributed by atoms with E-state index < -0.39 is 54.4 Å². The zero-order valence-corrected chi connectivity index (χ0v) is 21.8. The zero-order chi connectivity index (χ0) is 28.7. The molecule has 0 saturated carbocycles. The molecule has 3 amide bonds. The second kappa shape index (κ2) is 12.6. The lowest BCUT2D eigenvalue weighted by Gasteiger charge is -2.40. The van der Waals surface area contributed by atoms with Crippen molar-refractivity contribution >= 4 is 29.4 Å². The molecule has 3 rings (SSSR count). The summed E-state index contributed by atoms with van der Waals surface area (Å²) in [5, 5.41) is 2.18. The van der Waals surface area contributed by atoms with Crippen LogP contribution in [0.25, 0.3) is 5.70 Å². The molecule has 39 heavy (non-hydrogen) atoms. The number of rotatable bonds is 9. The minimum Gasteiger partial charge on any atom is -0.449 e. The van der Waals surface area contributed by atoms with Crippen LogP contribution in [0.5, 0.6) is 0 Å². The molecule has 1 heterocycles. The van der Waals surface area contributed by atoms with Gasteiger partial charge in [0.2, 0.25) is 5.91 Å². The second-order valence-electron chi connectivity index (χ2n) is 9.27. The van der Waals surface area contributed by atoms with E-state index in [-0.39, 0.29) is 18.7 Å². The number of ketones is 1. The maximum atomic E-state index is 13.7. The first kappa shape index (κ1) is 29.4. The average Bonchev–Trinajstić information content (AvgIpc) is 2.89. The predicted octanol–water partition coefficient (Wildman–Crippen LogP) is 4.17. The van der Waals surface area contributed by atoms with Crippen molar-refractivity contribution in [2.45, 2.75) is 45.5 Å². The molecule has 0 fully saturated rings. The van der Waals surface area contributed by atoms with Crippen molar-refractivity contribution in [3.8, 4) is 0 Å². The summed E-state index contributed by atoms with van der Waals surface area (Å²) in [6.45, 7) is 4.46. The summed E-state index contributed by atoms with van der Waals surface area (Å²) in [7, 11) is 0. The van der Waals surface area contributed by atoms with E-state index in [2.05, 4.69) is 5.32 Å². The summed E-state index contributed by atoms with van der Waals surface area (Å²) < 4.78 is 45.2. The first-order valence-corrected chi connectivity index (χ1v) is 12.4. The third kappa shape index (κ3) is 7.24. The minimum atomic E-state index is -5.17. The number of alkyl halides is 3. The van der Waals surface area contributed by atoms with Gasteiger partial charge in [0.1, 0.15) is 18.6 Å². The number of hydrogen-bond acceptors (Lipinski definition) is 5. The Kier molecular flexibility index (Phi) is 9.50. The van der Waals surface area contributed by atoms with E-state index in [1.54, 1.807) is 81.4 Å². The van der Waals surface area contributed by atoms with Crippen molar-refractivity contribution < 1.29 is 37.1 Å². The van der Waals surface area contributed by atoms with Crippen LogP contribution < -0.4 is 5.32 Å². The molecule has 0 aromatic heterocycles. The van der Waals surface area contributed by atoms with Gasteiger partial charge in [-0.1, -0.05) is 74.5 Å². The van der Waals surface area contributed by atoms with Crippen LogP contribution >= 0.6 is 0 Å². The molecule has 0 saturated heterocycles. The number of Topliss-reactive ketones (excluding diaryl/α,β-unsaturated/α-hetero) is 1. The van der Waals surface area contributed by atoms with Gasteiger partial charge in [0, 0.05) is 12.6 Å². The number of hydrogen-bond donors (Lipinski definition) is 1.